The van der Waals surface area contributed by atoms with Crippen molar-refractivity contribution in [2.45, 2.75) is 38.7 Å². The first-order chi connectivity index (χ1) is 9.19. The third kappa shape index (κ3) is 8.07. The molecule has 0 aromatic heterocycles. The maximum absolute atomic E-state index is 11.9. The first-order valence-corrected chi connectivity index (χ1v) is 7.10. The Morgan fingerprint density at radius 1 is 1.20 bits per heavy atom. The van der Waals surface area contributed by atoms with E-state index in [2.05, 4.69) is 6.92 Å². The predicted molar refractivity (Wildman–Crippen MR) is 78.3 cm³/mol. The van der Waals surface area contributed by atoms with E-state index in [0.717, 1.165) is 25.7 Å². The lowest BCUT2D eigenvalue weighted by Gasteiger charge is -2.28. The lowest BCUT2D eigenvalue weighted by molar-refractivity contribution is -0.873. The van der Waals surface area contributed by atoms with Crippen LogP contribution in [0.4, 0.5) is 0 Å². The number of hydrogen-bond acceptors (Lipinski definition) is 3. The summed E-state index contributed by atoms with van der Waals surface area (Å²) in [5.41, 5.74) is 0. The number of rotatable bonds is 10. The van der Waals surface area contributed by atoms with Crippen molar-refractivity contribution < 1.29 is 24.3 Å². The number of aliphatic carboxylic acids is 1. The van der Waals surface area contributed by atoms with Gasteiger partial charge in [0.25, 0.3) is 0 Å². The maximum atomic E-state index is 11.9. The van der Waals surface area contributed by atoms with Crippen LogP contribution >= 0.6 is 0 Å². The van der Waals surface area contributed by atoms with Gasteiger partial charge in [0, 0.05) is 0 Å². The van der Waals surface area contributed by atoms with Gasteiger partial charge in [0.2, 0.25) is 0 Å². The Bertz CT molecular complexity index is 344. The van der Waals surface area contributed by atoms with Gasteiger partial charge in [-0.25, -0.2) is 0 Å². The van der Waals surface area contributed by atoms with Crippen molar-refractivity contribution in [1.82, 2.24) is 0 Å². The molecule has 20 heavy (non-hydrogen) atoms. The smallest absolute Gasteiger partial charge is 0.317 e. The summed E-state index contributed by atoms with van der Waals surface area (Å²) in [6, 6.07) is 0. The second-order valence-corrected chi connectivity index (χ2v) is 6.16. The Morgan fingerprint density at radius 3 is 2.25 bits per heavy atom. The SMILES string of the molecule is CCCCC/C=C/C(=O)C(C(=O)O)C(O)C[N+](C)(C)C. The van der Waals surface area contributed by atoms with Gasteiger partial charge in [0.15, 0.2) is 11.7 Å². The van der Waals surface area contributed by atoms with Gasteiger partial charge in [-0.3, -0.25) is 9.59 Å². The molecular weight excluding hydrogens is 258 g/mol. The monoisotopic (exact) mass is 286 g/mol. The summed E-state index contributed by atoms with van der Waals surface area (Å²) in [4.78, 5) is 23.1. The molecule has 0 saturated carbocycles. The number of ketones is 1. The molecule has 0 aliphatic carbocycles. The highest BCUT2D eigenvalue weighted by atomic mass is 16.4. The number of hydrogen-bond donors (Lipinski definition) is 2. The van der Waals surface area contributed by atoms with Crippen LogP contribution in [0.25, 0.3) is 0 Å². The van der Waals surface area contributed by atoms with Gasteiger partial charge in [0.1, 0.15) is 12.6 Å². The van der Waals surface area contributed by atoms with Gasteiger partial charge in [-0.2, -0.15) is 0 Å². The highest BCUT2D eigenvalue weighted by Crippen LogP contribution is 2.11. The number of aliphatic hydroxyl groups excluding tert-OH is 1. The van der Waals surface area contributed by atoms with Crippen molar-refractivity contribution in [1.29, 1.82) is 0 Å². The molecule has 0 aliphatic heterocycles. The van der Waals surface area contributed by atoms with E-state index in [1.54, 1.807) is 6.08 Å². The highest BCUT2D eigenvalue weighted by molar-refractivity contribution is 6.04. The molecule has 0 amide bonds. The summed E-state index contributed by atoms with van der Waals surface area (Å²) >= 11 is 0. The first-order valence-electron chi connectivity index (χ1n) is 7.10. The van der Waals surface area contributed by atoms with Crippen LogP contribution in [0.5, 0.6) is 0 Å². The largest absolute Gasteiger partial charge is 0.481 e. The number of allylic oxidation sites excluding steroid dienone is 2. The fourth-order valence-corrected chi connectivity index (χ4v) is 1.96. The van der Waals surface area contributed by atoms with Gasteiger partial charge >= 0.3 is 5.97 Å². The van der Waals surface area contributed by atoms with Gasteiger partial charge in [-0.15, -0.1) is 0 Å². The molecule has 116 valence electrons. The number of aliphatic hydroxyl groups is 1. The molecule has 0 aliphatic rings. The predicted octanol–water partition coefficient (Wildman–Crippen LogP) is 1.46. The minimum Gasteiger partial charge on any atom is -0.481 e. The van der Waals surface area contributed by atoms with Gasteiger partial charge in [-0.1, -0.05) is 25.8 Å². The Morgan fingerprint density at radius 2 is 1.80 bits per heavy atom. The molecule has 0 aromatic carbocycles. The number of unbranched alkanes of at least 4 members (excludes halogenated alkanes) is 3. The van der Waals surface area contributed by atoms with Crippen LogP contribution in [0.1, 0.15) is 32.6 Å². The van der Waals surface area contributed by atoms with Crippen molar-refractivity contribution in [2.24, 2.45) is 5.92 Å². The molecule has 0 spiro atoms. The summed E-state index contributed by atoms with van der Waals surface area (Å²) in [5, 5.41) is 19.1. The van der Waals surface area contributed by atoms with E-state index in [1.165, 1.54) is 6.08 Å². The Labute approximate surface area is 121 Å². The third-order valence-corrected chi connectivity index (χ3v) is 2.95. The van der Waals surface area contributed by atoms with Crippen LogP contribution in [0, 0.1) is 5.92 Å². The van der Waals surface area contributed by atoms with E-state index in [-0.39, 0.29) is 6.54 Å². The van der Waals surface area contributed by atoms with E-state index < -0.39 is 23.8 Å². The van der Waals surface area contributed by atoms with Gasteiger partial charge in [0.05, 0.1) is 21.1 Å². The number of likely N-dealkylation sites (N-methyl/N-ethyl adjacent to an activating group) is 1. The summed E-state index contributed by atoms with van der Waals surface area (Å²) in [5.74, 6) is -3.18. The number of carbonyl (C=O) groups is 2. The zero-order valence-corrected chi connectivity index (χ0v) is 13.0. The number of carboxylic acids is 1. The Kier molecular flexibility index (Phi) is 8.34. The quantitative estimate of drug-likeness (QED) is 0.276. The van der Waals surface area contributed by atoms with Crippen LogP contribution in [0.15, 0.2) is 12.2 Å². The summed E-state index contributed by atoms with van der Waals surface area (Å²) in [6.45, 7) is 2.31. The molecule has 5 nitrogen and oxygen atoms in total. The summed E-state index contributed by atoms with van der Waals surface area (Å²) < 4.78 is 0.401. The molecule has 5 heteroatoms. The number of quaternary nitrogens is 1. The molecule has 2 atom stereocenters. The van der Waals surface area contributed by atoms with Crippen molar-refractivity contribution in [3.63, 3.8) is 0 Å². The van der Waals surface area contributed by atoms with E-state index >= 15 is 0 Å². The van der Waals surface area contributed by atoms with Crippen LogP contribution in [0.3, 0.4) is 0 Å². The number of nitrogens with zero attached hydrogens (tertiary/aromatic N) is 1. The van der Waals surface area contributed by atoms with E-state index in [9.17, 15) is 14.7 Å². The fourth-order valence-electron chi connectivity index (χ4n) is 1.96. The van der Waals surface area contributed by atoms with E-state index in [4.69, 9.17) is 5.11 Å². The summed E-state index contributed by atoms with van der Waals surface area (Å²) in [7, 11) is 5.52. The molecule has 0 saturated heterocycles. The fraction of sp³-hybridized carbons (Fsp3) is 0.733. The summed E-state index contributed by atoms with van der Waals surface area (Å²) in [6.07, 6.45) is 5.75. The molecule has 0 bridgehead atoms. The van der Waals surface area contributed by atoms with E-state index in [1.807, 2.05) is 21.1 Å². The minimum absolute atomic E-state index is 0.215. The van der Waals surface area contributed by atoms with Gasteiger partial charge < -0.3 is 14.7 Å². The zero-order valence-electron chi connectivity index (χ0n) is 13.0. The maximum Gasteiger partial charge on any atom is 0.317 e. The normalized spacial score (nSPS) is 15.2. The average Bonchev–Trinajstić information content (AvgIpc) is 2.25. The lowest BCUT2D eigenvalue weighted by atomic mass is 9.96. The standard InChI is InChI=1S/C15H27NO4/c1-5-6-7-8-9-10-12(17)14(15(19)20)13(18)11-16(2,3)4/h9-10,13-14,18H,5-8,11H2,1-4H3/p+1/b10-9+. The molecule has 2 N–H and O–H groups in total. The lowest BCUT2D eigenvalue weighted by Crippen LogP contribution is -2.47. The van der Waals surface area contributed by atoms with Crippen LogP contribution in [-0.4, -0.2) is 60.2 Å². The average molecular weight is 286 g/mol. The molecule has 0 fully saturated rings. The van der Waals surface area contributed by atoms with Crippen LogP contribution in [-0.2, 0) is 9.59 Å². The second kappa shape index (κ2) is 8.87. The first kappa shape index (κ1) is 18.8. The molecule has 0 aromatic rings. The van der Waals surface area contributed by atoms with E-state index in [0.29, 0.717) is 4.48 Å². The molecule has 0 rings (SSSR count). The van der Waals surface area contributed by atoms with Crippen LogP contribution < -0.4 is 0 Å². The van der Waals surface area contributed by atoms with Crippen LogP contribution in [0.2, 0.25) is 0 Å². The minimum atomic E-state index is -1.38. The Hall–Kier alpha value is -1.20. The molecule has 2 unspecified atom stereocenters. The van der Waals surface area contributed by atoms with Crippen molar-refractivity contribution in [3.05, 3.63) is 12.2 Å². The highest BCUT2D eigenvalue weighted by Gasteiger charge is 2.35. The van der Waals surface area contributed by atoms with Gasteiger partial charge in [-0.05, 0) is 18.9 Å². The Balaban J connectivity index is 4.59. The zero-order chi connectivity index (χ0) is 15.8. The van der Waals surface area contributed by atoms with Crippen molar-refractivity contribution >= 4 is 11.8 Å². The molecular formula is C15H28NO4+. The molecule has 0 heterocycles. The third-order valence-electron chi connectivity index (χ3n) is 2.95. The molecule has 0 radical (unpaired) electrons. The topological polar surface area (TPSA) is 74.6 Å². The van der Waals surface area contributed by atoms with Crippen molar-refractivity contribution in [3.8, 4) is 0 Å². The second-order valence-electron chi connectivity index (χ2n) is 6.16. The number of carboxylic acid groups (broad SMARTS) is 1. The number of carbonyl (C=O) groups excluding carboxylic acids is 1. The van der Waals surface area contributed by atoms with Crippen molar-refractivity contribution in [2.75, 3.05) is 27.7 Å².